The lowest BCUT2D eigenvalue weighted by Crippen LogP contribution is -1.68. The predicted octanol–water partition coefficient (Wildman–Crippen LogP) is 2.89. The van der Waals surface area contributed by atoms with Gasteiger partial charge in [-0.2, -0.15) is 0 Å². The molecule has 0 radical (unpaired) electrons. The van der Waals surface area contributed by atoms with Crippen LogP contribution in [0.4, 0.5) is 0 Å². The highest BCUT2D eigenvalue weighted by atomic mass is 14.8. The molecule has 0 spiro atoms. The highest BCUT2D eigenvalue weighted by molar-refractivity contribution is 5.05. The zero-order valence-electron chi connectivity index (χ0n) is 9.46. The number of nitrogens with zero attached hydrogens (tertiary/aromatic N) is 3. The van der Waals surface area contributed by atoms with Crippen LogP contribution in [0.3, 0.4) is 0 Å². The Morgan fingerprint density at radius 3 is 1.53 bits per heavy atom. The smallest absolute Gasteiger partial charge is 0.115 e. The summed E-state index contributed by atoms with van der Waals surface area (Å²) < 4.78 is 0. The largest absolute Gasteiger partial charge is 0.265 e. The molecule has 2 heterocycles. The maximum Gasteiger partial charge on any atom is 0.115 e. The summed E-state index contributed by atoms with van der Waals surface area (Å²) in [6, 6.07) is 5.72. The molecular weight excluding hydrogens is 186 g/mol. The van der Waals surface area contributed by atoms with Crippen molar-refractivity contribution >= 4 is 0 Å². The Labute approximate surface area is 91.3 Å². The summed E-state index contributed by atoms with van der Waals surface area (Å²) in [4.78, 5) is 11.2. The Hall–Kier alpha value is -1.77. The van der Waals surface area contributed by atoms with E-state index in [-0.39, 0.29) is 0 Å². The molecule has 2 rings (SSSR count). The molecule has 0 saturated carbocycles. The van der Waals surface area contributed by atoms with Crippen molar-refractivity contribution in [3.8, 4) is 0 Å². The van der Waals surface area contributed by atoms with Crippen LogP contribution in [0.25, 0.3) is 0 Å². The fraction of sp³-hybridized carbons (Fsp3) is 0.250. The summed E-state index contributed by atoms with van der Waals surface area (Å²) >= 11 is 0. The molecular formula is C12H17N3. The standard InChI is InChI=1S/C6H7N.C4H4N2.C2H6/c1-6-2-4-7-5-3-6;1-2-5-4-6-3-1;1-2/h2-5H,1H3;1-4H;1-2H3. The normalized spacial score (nSPS) is 7.67. The Balaban J connectivity index is 0.000000227. The van der Waals surface area contributed by atoms with Gasteiger partial charge >= 0.3 is 0 Å². The summed E-state index contributed by atoms with van der Waals surface area (Å²) in [5, 5.41) is 0. The molecule has 0 bridgehead atoms. The Bertz CT molecular complexity index is 281. The first kappa shape index (κ1) is 13.2. The van der Waals surface area contributed by atoms with Crippen LogP contribution in [-0.2, 0) is 0 Å². The van der Waals surface area contributed by atoms with Gasteiger partial charge in [-0.15, -0.1) is 0 Å². The number of hydrogen-bond donors (Lipinski definition) is 0. The maximum atomic E-state index is 3.85. The summed E-state index contributed by atoms with van der Waals surface area (Å²) in [5.74, 6) is 0. The number of rotatable bonds is 0. The molecule has 0 aliphatic heterocycles. The molecule has 3 nitrogen and oxygen atoms in total. The van der Waals surface area contributed by atoms with E-state index in [0.717, 1.165) is 0 Å². The second-order valence-corrected chi connectivity index (χ2v) is 2.43. The molecule has 0 N–H and O–H groups in total. The van der Waals surface area contributed by atoms with Crippen molar-refractivity contribution in [3.05, 3.63) is 54.9 Å². The van der Waals surface area contributed by atoms with Gasteiger partial charge in [-0.3, -0.25) is 4.98 Å². The zero-order valence-corrected chi connectivity index (χ0v) is 9.46. The van der Waals surface area contributed by atoms with Crippen LogP contribution in [0, 0.1) is 6.92 Å². The Kier molecular flexibility index (Phi) is 9.09. The Morgan fingerprint density at radius 1 is 0.800 bits per heavy atom. The van der Waals surface area contributed by atoms with Crippen LogP contribution in [0.2, 0.25) is 0 Å². The molecule has 0 atom stereocenters. The second-order valence-electron chi connectivity index (χ2n) is 2.43. The average Bonchev–Trinajstić information content (AvgIpc) is 2.36. The fourth-order valence-corrected chi connectivity index (χ4v) is 0.680. The number of aromatic nitrogens is 3. The monoisotopic (exact) mass is 203 g/mol. The number of aryl methyl sites for hydroxylation is 1. The molecule has 0 fully saturated rings. The van der Waals surface area contributed by atoms with Gasteiger partial charge in [-0.05, 0) is 30.7 Å². The van der Waals surface area contributed by atoms with Crippen LogP contribution >= 0.6 is 0 Å². The van der Waals surface area contributed by atoms with Crippen molar-refractivity contribution in [1.82, 2.24) is 15.0 Å². The number of pyridine rings is 1. The van der Waals surface area contributed by atoms with E-state index in [4.69, 9.17) is 0 Å². The highest BCUT2D eigenvalue weighted by Gasteiger charge is 1.72. The summed E-state index contributed by atoms with van der Waals surface area (Å²) in [6.07, 6.45) is 8.45. The molecule has 80 valence electrons. The van der Waals surface area contributed by atoms with E-state index in [2.05, 4.69) is 15.0 Å². The van der Waals surface area contributed by atoms with E-state index in [1.54, 1.807) is 30.9 Å². The van der Waals surface area contributed by atoms with Crippen molar-refractivity contribution < 1.29 is 0 Å². The SMILES string of the molecule is CC.Cc1ccncc1.c1cncnc1. The Morgan fingerprint density at radius 2 is 1.33 bits per heavy atom. The van der Waals surface area contributed by atoms with E-state index in [0.29, 0.717) is 0 Å². The predicted molar refractivity (Wildman–Crippen MR) is 62.4 cm³/mol. The van der Waals surface area contributed by atoms with E-state index in [1.807, 2.05) is 32.9 Å². The summed E-state index contributed by atoms with van der Waals surface area (Å²) in [7, 11) is 0. The van der Waals surface area contributed by atoms with E-state index in [1.165, 1.54) is 11.9 Å². The van der Waals surface area contributed by atoms with Crippen LogP contribution in [0.15, 0.2) is 49.3 Å². The van der Waals surface area contributed by atoms with Crippen molar-refractivity contribution in [2.75, 3.05) is 0 Å². The van der Waals surface area contributed by atoms with Crippen molar-refractivity contribution in [2.24, 2.45) is 0 Å². The van der Waals surface area contributed by atoms with Crippen molar-refractivity contribution in [2.45, 2.75) is 20.8 Å². The molecule has 2 aromatic rings. The molecule has 15 heavy (non-hydrogen) atoms. The van der Waals surface area contributed by atoms with Crippen LogP contribution < -0.4 is 0 Å². The summed E-state index contributed by atoms with van der Waals surface area (Å²) in [5.41, 5.74) is 1.26. The third kappa shape index (κ3) is 8.56. The summed E-state index contributed by atoms with van der Waals surface area (Å²) in [6.45, 7) is 6.04. The van der Waals surface area contributed by atoms with Crippen LogP contribution in [-0.4, -0.2) is 15.0 Å². The number of hydrogen-bond acceptors (Lipinski definition) is 3. The van der Waals surface area contributed by atoms with Gasteiger partial charge in [0.25, 0.3) is 0 Å². The topological polar surface area (TPSA) is 38.7 Å². The lowest BCUT2D eigenvalue weighted by molar-refractivity contribution is 1.17. The van der Waals surface area contributed by atoms with Crippen molar-refractivity contribution in [3.63, 3.8) is 0 Å². The first-order valence-corrected chi connectivity index (χ1v) is 4.96. The molecule has 3 heteroatoms. The molecule has 0 aromatic carbocycles. The van der Waals surface area contributed by atoms with Gasteiger partial charge in [-0.1, -0.05) is 13.8 Å². The van der Waals surface area contributed by atoms with Gasteiger partial charge < -0.3 is 0 Å². The molecule has 0 aliphatic rings. The quantitative estimate of drug-likeness (QED) is 0.660. The van der Waals surface area contributed by atoms with Crippen LogP contribution in [0.5, 0.6) is 0 Å². The molecule has 0 amide bonds. The van der Waals surface area contributed by atoms with Gasteiger partial charge in [-0.25, -0.2) is 9.97 Å². The first-order valence-electron chi connectivity index (χ1n) is 4.96. The lowest BCUT2D eigenvalue weighted by atomic mass is 10.3. The molecule has 0 aliphatic carbocycles. The van der Waals surface area contributed by atoms with Gasteiger partial charge in [0, 0.05) is 24.8 Å². The fourth-order valence-electron chi connectivity index (χ4n) is 0.680. The van der Waals surface area contributed by atoms with E-state index in [9.17, 15) is 0 Å². The highest BCUT2D eigenvalue weighted by Crippen LogP contribution is 1.88. The maximum absolute atomic E-state index is 3.85. The average molecular weight is 203 g/mol. The van der Waals surface area contributed by atoms with Crippen molar-refractivity contribution in [1.29, 1.82) is 0 Å². The molecule has 0 unspecified atom stereocenters. The van der Waals surface area contributed by atoms with Gasteiger partial charge in [0.2, 0.25) is 0 Å². The lowest BCUT2D eigenvalue weighted by Gasteiger charge is -1.82. The van der Waals surface area contributed by atoms with Gasteiger partial charge in [0.05, 0.1) is 0 Å². The first-order chi connectivity index (χ1) is 7.39. The zero-order chi connectivity index (χ0) is 11.4. The van der Waals surface area contributed by atoms with Gasteiger partial charge in [0.15, 0.2) is 0 Å². The van der Waals surface area contributed by atoms with Crippen LogP contribution in [0.1, 0.15) is 19.4 Å². The second kappa shape index (κ2) is 10.3. The minimum Gasteiger partial charge on any atom is -0.265 e. The molecule has 0 saturated heterocycles. The van der Waals surface area contributed by atoms with E-state index < -0.39 is 0 Å². The minimum atomic E-state index is 1.26. The molecule has 2 aromatic heterocycles. The minimum absolute atomic E-state index is 1.26. The third-order valence-corrected chi connectivity index (χ3v) is 1.32. The van der Waals surface area contributed by atoms with E-state index >= 15 is 0 Å². The van der Waals surface area contributed by atoms with Gasteiger partial charge in [0.1, 0.15) is 6.33 Å². The third-order valence-electron chi connectivity index (χ3n) is 1.32.